The summed E-state index contributed by atoms with van der Waals surface area (Å²) in [6, 6.07) is 0. The van der Waals surface area contributed by atoms with Crippen LogP contribution in [0.25, 0.3) is 0 Å². The van der Waals surface area contributed by atoms with E-state index in [-0.39, 0.29) is 11.9 Å². The Hall–Kier alpha value is -1.14. The molecule has 0 saturated carbocycles. The van der Waals surface area contributed by atoms with Gasteiger partial charge in [-0.05, 0) is 12.8 Å². The first-order chi connectivity index (χ1) is 9.70. The maximum absolute atomic E-state index is 10.8. The van der Waals surface area contributed by atoms with Crippen molar-refractivity contribution in [3.8, 4) is 0 Å². The Morgan fingerprint density at radius 2 is 0.800 bits per heavy atom. The fourth-order valence-electron chi connectivity index (χ4n) is 2.07. The van der Waals surface area contributed by atoms with Crippen molar-refractivity contribution in [2.45, 2.75) is 77.0 Å². The van der Waals surface area contributed by atoms with Gasteiger partial charge in [-0.2, -0.15) is 11.8 Å². The van der Waals surface area contributed by atoms with E-state index in [1.165, 1.54) is 25.7 Å². The zero-order chi connectivity index (χ0) is 15.1. The summed E-state index contributed by atoms with van der Waals surface area (Å²) in [6.07, 6.45) is 11.8. The number of nitrogens with two attached hydrogens (primary N) is 2. The van der Waals surface area contributed by atoms with Gasteiger partial charge in [0.05, 0.1) is 0 Å². The highest BCUT2D eigenvalue weighted by atomic mass is 16.7. The Balaban J connectivity index is 3.06. The van der Waals surface area contributed by atoms with Crippen molar-refractivity contribution in [2.24, 2.45) is 11.8 Å². The van der Waals surface area contributed by atoms with E-state index in [1.807, 2.05) is 0 Å². The van der Waals surface area contributed by atoms with Crippen LogP contribution in [0.1, 0.15) is 77.0 Å². The maximum atomic E-state index is 10.8. The van der Waals surface area contributed by atoms with E-state index in [4.69, 9.17) is 11.8 Å². The van der Waals surface area contributed by atoms with Gasteiger partial charge < -0.3 is 9.68 Å². The summed E-state index contributed by atoms with van der Waals surface area (Å²) in [4.78, 5) is 29.7. The molecule has 0 saturated heterocycles. The Kier molecular flexibility index (Phi) is 13.5. The second-order valence-electron chi connectivity index (χ2n) is 5.02. The lowest BCUT2D eigenvalue weighted by Gasteiger charge is -2.02. The van der Waals surface area contributed by atoms with E-state index < -0.39 is 0 Å². The molecule has 0 bridgehead atoms. The summed E-state index contributed by atoms with van der Waals surface area (Å²) >= 11 is 0. The molecular weight excluding hydrogens is 260 g/mol. The second kappa shape index (κ2) is 14.3. The Bertz CT molecular complexity index is 234. The zero-order valence-corrected chi connectivity index (χ0v) is 12.3. The summed E-state index contributed by atoms with van der Waals surface area (Å²) in [7, 11) is 0. The van der Waals surface area contributed by atoms with Gasteiger partial charge in [-0.1, -0.05) is 51.4 Å². The van der Waals surface area contributed by atoms with Crippen LogP contribution in [0.5, 0.6) is 0 Å². The normalized spacial score (nSPS) is 10.3. The number of rotatable bonds is 13. The lowest BCUT2D eigenvalue weighted by atomic mass is 10.1. The van der Waals surface area contributed by atoms with Crippen molar-refractivity contribution in [3.05, 3.63) is 0 Å². The van der Waals surface area contributed by atoms with E-state index in [0.717, 1.165) is 38.5 Å². The fraction of sp³-hybridized carbons (Fsp3) is 0.857. The number of hydrogen-bond donors (Lipinski definition) is 2. The Morgan fingerprint density at radius 1 is 0.550 bits per heavy atom. The first kappa shape index (κ1) is 18.9. The number of unbranched alkanes of at least 4 members (excludes halogenated alkanes) is 9. The van der Waals surface area contributed by atoms with Crippen molar-refractivity contribution >= 4 is 11.9 Å². The molecular formula is C14H28N2O4. The molecule has 0 aliphatic heterocycles. The molecule has 0 unspecified atom stereocenters. The SMILES string of the molecule is NOC(=O)CCCCCCCCCCCCC(=O)ON. The highest BCUT2D eigenvalue weighted by Gasteiger charge is 2.01. The standard InChI is InChI=1S/C14H28N2O4/c15-19-13(17)11-9-7-5-3-1-2-4-6-8-10-12-14(18)20-16/h1-12,15-16H2. The second-order valence-corrected chi connectivity index (χ2v) is 5.02. The summed E-state index contributed by atoms with van der Waals surface area (Å²) in [5.41, 5.74) is 0. The third-order valence-corrected chi connectivity index (χ3v) is 3.27. The molecule has 0 spiro atoms. The van der Waals surface area contributed by atoms with Gasteiger partial charge in [-0.15, -0.1) is 0 Å². The van der Waals surface area contributed by atoms with Crippen LogP contribution < -0.4 is 11.8 Å². The molecule has 0 aromatic heterocycles. The molecule has 0 radical (unpaired) electrons. The van der Waals surface area contributed by atoms with Crippen molar-refractivity contribution in [1.82, 2.24) is 0 Å². The van der Waals surface area contributed by atoms with Crippen LogP contribution in [-0.2, 0) is 19.3 Å². The predicted octanol–water partition coefficient (Wildman–Crippen LogP) is 2.50. The largest absolute Gasteiger partial charge is 0.373 e. The minimum atomic E-state index is -0.330. The third kappa shape index (κ3) is 13.3. The summed E-state index contributed by atoms with van der Waals surface area (Å²) < 4.78 is 0. The minimum absolute atomic E-state index is 0.330. The van der Waals surface area contributed by atoms with Crippen LogP contribution in [-0.4, -0.2) is 11.9 Å². The monoisotopic (exact) mass is 288 g/mol. The number of carbonyl (C=O) groups excluding carboxylic acids is 2. The van der Waals surface area contributed by atoms with Crippen LogP contribution in [0.3, 0.4) is 0 Å². The molecule has 0 aromatic carbocycles. The molecule has 0 aromatic rings. The average Bonchev–Trinajstić information content (AvgIpc) is 2.47. The van der Waals surface area contributed by atoms with Crippen molar-refractivity contribution in [3.63, 3.8) is 0 Å². The molecule has 0 heterocycles. The summed E-state index contributed by atoms with van der Waals surface area (Å²) in [5.74, 6) is 8.83. The van der Waals surface area contributed by atoms with Crippen molar-refractivity contribution in [1.29, 1.82) is 0 Å². The van der Waals surface area contributed by atoms with E-state index in [1.54, 1.807) is 0 Å². The third-order valence-electron chi connectivity index (χ3n) is 3.27. The lowest BCUT2D eigenvalue weighted by Crippen LogP contribution is -2.09. The molecule has 0 aliphatic rings. The van der Waals surface area contributed by atoms with Crippen LogP contribution in [0.15, 0.2) is 0 Å². The minimum Gasteiger partial charge on any atom is -0.373 e. The number of carbonyl (C=O) groups is 2. The van der Waals surface area contributed by atoms with E-state index in [2.05, 4.69) is 9.68 Å². The van der Waals surface area contributed by atoms with Gasteiger partial charge in [0.1, 0.15) is 0 Å². The van der Waals surface area contributed by atoms with Gasteiger partial charge in [0.2, 0.25) is 0 Å². The molecule has 4 N–H and O–H groups in total. The quantitative estimate of drug-likeness (QED) is 0.398. The highest BCUT2D eigenvalue weighted by molar-refractivity contribution is 5.69. The maximum Gasteiger partial charge on any atom is 0.324 e. The summed E-state index contributed by atoms with van der Waals surface area (Å²) in [6.45, 7) is 0. The Labute approximate surface area is 121 Å². The first-order valence-electron chi connectivity index (χ1n) is 7.50. The first-order valence-corrected chi connectivity index (χ1v) is 7.50. The van der Waals surface area contributed by atoms with Crippen LogP contribution in [0, 0.1) is 0 Å². The molecule has 118 valence electrons. The van der Waals surface area contributed by atoms with Gasteiger partial charge in [0, 0.05) is 12.8 Å². The van der Waals surface area contributed by atoms with Gasteiger partial charge in [0.25, 0.3) is 0 Å². The van der Waals surface area contributed by atoms with Crippen molar-refractivity contribution in [2.75, 3.05) is 0 Å². The number of hydrogen-bond acceptors (Lipinski definition) is 6. The molecule has 6 heteroatoms. The smallest absolute Gasteiger partial charge is 0.324 e. The van der Waals surface area contributed by atoms with E-state index >= 15 is 0 Å². The van der Waals surface area contributed by atoms with Crippen LogP contribution >= 0.6 is 0 Å². The zero-order valence-electron chi connectivity index (χ0n) is 12.3. The van der Waals surface area contributed by atoms with Crippen LogP contribution in [0.4, 0.5) is 0 Å². The average molecular weight is 288 g/mol. The molecule has 0 rings (SSSR count). The molecule has 0 fully saturated rings. The lowest BCUT2D eigenvalue weighted by molar-refractivity contribution is -0.145. The summed E-state index contributed by atoms with van der Waals surface area (Å²) in [5, 5.41) is 0. The molecule has 0 aliphatic carbocycles. The van der Waals surface area contributed by atoms with Gasteiger partial charge in [-0.25, -0.2) is 0 Å². The molecule has 6 nitrogen and oxygen atoms in total. The molecule has 20 heavy (non-hydrogen) atoms. The van der Waals surface area contributed by atoms with Crippen molar-refractivity contribution < 1.29 is 19.3 Å². The fourth-order valence-corrected chi connectivity index (χ4v) is 2.07. The van der Waals surface area contributed by atoms with Gasteiger partial charge >= 0.3 is 11.9 Å². The van der Waals surface area contributed by atoms with Gasteiger partial charge in [-0.3, -0.25) is 9.59 Å². The topological polar surface area (TPSA) is 105 Å². The van der Waals surface area contributed by atoms with Gasteiger partial charge in [0.15, 0.2) is 0 Å². The predicted molar refractivity (Wildman–Crippen MR) is 76.0 cm³/mol. The highest BCUT2D eigenvalue weighted by Crippen LogP contribution is 2.12. The van der Waals surface area contributed by atoms with E-state index in [9.17, 15) is 9.59 Å². The van der Waals surface area contributed by atoms with Crippen LogP contribution in [0.2, 0.25) is 0 Å². The Morgan fingerprint density at radius 3 is 1.05 bits per heavy atom. The molecule has 0 atom stereocenters. The molecule has 0 amide bonds. The van der Waals surface area contributed by atoms with E-state index in [0.29, 0.717) is 12.8 Å².